The summed E-state index contributed by atoms with van der Waals surface area (Å²) in [6.07, 6.45) is 12.5. The van der Waals surface area contributed by atoms with Crippen LogP contribution in [0, 0.1) is 10.4 Å². The van der Waals surface area contributed by atoms with E-state index in [9.17, 15) is 0 Å². The highest BCUT2D eigenvalue weighted by molar-refractivity contribution is 7.98. The average molecular weight is 392 g/mol. The Morgan fingerprint density at radius 3 is 2.69 bits per heavy atom. The Balaban J connectivity index is 1.56. The largest absolute Gasteiger partial charge is 0.215 e. The maximum absolute atomic E-state index is 5.00. The number of allylic oxidation sites excluding steroid dienone is 1. The van der Waals surface area contributed by atoms with Crippen LogP contribution in [0.15, 0.2) is 76.0 Å². The van der Waals surface area contributed by atoms with Gasteiger partial charge in [-0.05, 0) is 69.0 Å². The lowest BCUT2D eigenvalue weighted by Gasteiger charge is -2.25. The summed E-state index contributed by atoms with van der Waals surface area (Å²) < 4.78 is 5.00. The molecule has 1 heterocycles. The summed E-state index contributed by atoms with van der Waals surface area (Å²) in [6, 6.07) is 21.9. The first-order chi connectivity index (χ1) is 14.4. The van der Waals surface area contributed by atoms with Crippen molar-refractivity contribution in [1.82, 2.24) is 0 Å². The second-order valence-electron chi connectivity index (χ2n) is 7.90. The van der Waals surface area contributed by atoms with Gasteiger partial charge in [0, 0.05) is 22.8 Å². The molecule has 0 spiro atoms. The first-order valence-corrected chi connectivity index (χ1v) is 11.1. The van der Waals surface area contributed by atoms with Gasteiger partial charge in [-0.1, -0.05) is 72.8 Å². The molecule has 0 aromatic heterocycles. The molecule has 2 heteroatoms. The Bertz CT molecular complexity index is 1410. The summed E-state index contributed by atoms with van der Waals surface area (Å²) in [4.78, 5) is 1.23. The van der Waals surface area contributed by atoms with Crippen molar-refractivity contribution in [2.45, 2.75) is 30.1 Å². The first kappa shape index (κ1) is 17.1. The van der Waals surface area contributed by atoms with Crippen LogP contribution in [0.5, 0.6) is 0 Å². The van der Waals surface area contributed by atoms with E-state index >= 15 is 0 Å². The van der Waals surface area contributed by atoms with Crippen LogP contribution in [0.2, 0.25) is 0 Å². The fourth-order valence-electron chi connectivity index (χ4n) is 4.91. The zero-order chi connectivity index (χ0) is 19.2. The fourth-order valence-corrected chi connectivity index (χ4v) is 5.68. The molecule has 1 atom stereocenters. The average Bonchev–Trinajstić information content (AvgIpc) is 3.01. The number of nitrogens with zero attached hydrogens (tertiary/aromatic N) is 1. The highest BCUT2D eigenvalue weighted by Crippen LogP contribution is 2.34. The Labute approximate surface area is 174 Å². The molecule has 1 nitrogen and oxygen atoms in total. The van der Waals surface area contributed by atoms with Crippen LogP contribution < -0.4 is 10.4 Å². The molecular formula is C27H21NS. The van der Waals surface area contributed by atoms with Crippen molar-refractivity contribution in [2.24, 2.45) is 4.40 Å². The smallest absolute Gasteiger partial charge is 0.0566 e. The first-order valence-electron chi connectivity index (χ1n) is 10.3. The normalized spacial score (nSPS) is 18.8. The predicted octanol–water partition coefficient (Wildman–Crippen LogP) is 5.14. The highest BCUT2D eigenvalue weighted by atomic mass is 32.2. The van der Waals surface area contributed by atoms with Gasteiger partial charge in [0.1, 0.15) is 0 Å². The van der Waals surface area contributed by atoms with Gasteiger partial charge in [0.15, 0.2) is 0 Å². The van der Waals surface area contributed by atoms with Crippen LogP contribution in [-0.4, -0.2) is 5.71 Å². The summed E-state index contributed by atoms with van der Waals surface area (Å²) >= 11 is 1.62. The quantitative estimate of drug-likeness (QED) is 0.523. The number of hydrogen-bond donors (Lipinski definition) is 0. The topological polar surface area (TPSA) is 12.4 Å². The van der Waals surface area contributed by atoms with Crippen molar-refractivity contribution in [1.29, 1.82) is 0 Å². The lowest BCUT2D eigenvalue weighted by Crippen LogP contribution is -2.26. The van der Waals surface area contributed by atoms with Crippen molar-refractivity contribution >= 4 is 35.9 Å². The molecule has 0 N–H and O–H groups in total. The Kier molecular flexibility index (Phi) is 4.05. The summed E-state index contributed by atoms with van der Waals surface area (Å²) in [5.74, 6) is 0.363. The lowest BCUT2D eigenvalue weighted by molar-refractivity contribution is 0.768. The van der Waals surface area contributed by atoms with Crippen LogP contribution in [0.3, 0.4) is 0 Å². The van der Waals surface area contributed by atoms with Gasteiger partial charge in [0.05, 0.1) is 5.71 Å². The number of benzene rings is 3. The third kappa shape index (κ3) is 2.82. The van der Waals surface area contributed by atoms with Crippen LogP contribution in [0.4, 0.5) is 0 Å². The van der Waals surface area contributed by atoms with E-state index in [2.05, 4.69) is 85.0 Å². The van der Waals surface area contributed by atoms with Gasteiger partial charge >= 0.3 is 0 Å². The van der Waals surface area contributed by atoms with Gasteiger partial charge in [-0.25, -0.2) is 4.40 Å². The van der Waals surface area contributed by atoms with Gasteiger partial charge in [-0.3, -0.25) is 0 Å². The predicted molar refractivity (Wildman–Crippen MR) is 123 cm³/mol. The van der Waals surface area contributed by atoms with Gasteiger partial charge in [0.25, 0.3) is 0 Å². The van der Waals surface area contributed by atoms with Crippen molar-refractivity contribution in [3.05, 3.63) is 104 Å². The number of fused-ring (bicyclic) bond motifs is 5. The molecule has 1 aliphatic heterocycles. The number of hydrogen-bond acceptors (Lipinski definition) is 2. The molecule has 0 amide bonds. The van der Waals surface area contributed by atoms with E-state index in [1.165, 1.54) is 48.2 Å². The third-order valence-corrected chi connectivity index (χ3v) is 7.17. The minimum absolute atomic E-state index is 0.363. The molecule has 1 unspecified atom stereocenters. The molecule has 6 rings (SSSR count). The SMILES string of the molecule is C1=Cc2ccccc2SN=C1C1CCC=c2ccc3c(c21)CC=c1ccccc1=3. The van der Waals surface area contributed by atoms with Crippen molar-refractivity contribution in [3.63, 3.8) is 0 Å². The summed E-state index contributed by atoms with van der Waals surface area (Å²) in [5.41, 5.74) is 5.45. The van der Waals surface area contributed by atoms with E-state index in [0.717, 1.165) is 19.3 Å². The lowest BCUT2D eigenvalue weighted by atomic mass is 9.79. The minimum atomic E-state index is 0.363. The van der Waals surface area contributed by atoms with Crippen molar-refractivity contribution in [3.8, 4) is 0 Å². The molecular weight excluding hydrogens is 370 g/mol. The van der Waals surface area contributed by atoms with Gasteiger partial charge in [-0.2, -0.15) is 0 Å². The molecule has 0 saturated carbocycles. The van der Waals surface area contributed by atoms with Crippen LogP contribution in [-0.2, 0) is 6.42 Å². The number of rotatable bonds is 1. The zero-order valence-electron chi connectivity index (χ0n) is 16.1. The molecule has 140 valence electrons. The molecule has 3 aromatic rings. The Hall–Kier alpha value is -2.84. The van der Waals surface area contributed by atoms with Crippen LogP contribution in [0.25, 0.3) is 18.2 Å². The Morgan fingerprint density at radius 1 is 0.793 bits per heavy atom. The second-order valence-corrected chi connectivity index (χ2v) is 8.71. The molecule has 0 fully saturated rings. The maximum Gasteiger partial charge on any atom is 0.0566 e. The molecule has 29 heavy (non-hydrogen) atoms. The van der Waals surface area contributed by atoms with E-state index in [0.29, 0.717) is 5.92 Å². The molecule has 3 aliphatic rings. The zero-order valence-corrected chi connectivity index (χ0v) is 17.0. The Morgan fingerprint density at radius 2 is 1.69 bits per heavy atom. The molecule has 0 saturated heterocycles. The summed E-state index contributed by atoms with van der Waals surface area (Å²) in [6.45, 7) is 0. The minimum Gasteiger partial charge on any atom is -0.215 e. The van der Waals surface area contributed by atoms with Gasteiger partial charge in [-0.15, -0.1) is 0 Å². The van der Waals surface area contributed by atoms with E-state index in [-0.39, 0.29) is 0 Å². The molecule has 2 aliphatic carbocycles. The monoisotopic (exact) mass is 391 g/mol. The van der Waals surface area contributed by atoms with Gasteiger partial charge in [0.2, 0.25) is 0 Å². The summed E-state index contributed by atoms with van der Waals surface area (Å²) in [7, 11) is 0. The van der Waals surface area contributed by atoms with Gasteiger partial charge < -0.3 is 0 Å². The summed E-state index contributed by atoms with van der Waals surface area (Å²) in [5, 5.41) is 5.52. The molecule has 3 aromatic carbocycles. The standard InChI is InChI=1S/C27H21NS/c1-3-9-21-18(6-1)12-16-23-22(21)15-13-20-8-5-10-24(27(20)23)25-17-14-19-7-2-4-11-26(19)29-28-25/h1-4,6-9,11-15,17,24H,5,10,16H2. The van der Waals surface area contributed by atoms with Crippen LogP contribution in [0.1, 0.15) is 35.4 Å². The van der Waals surface area contributed by atoms with E-state index < -0.39 is 0 Å². The van der Waals surface area contributed by atoms with E-state index in [4.69, 9.17) is 4.40 Å². The molecule has 0 bridgehead atoms. The van der Waals surface area contributed by atoms with Crippen molar-refractivity contribution < 1.29 is 0 Å². The van der Waals surface area contributed by atoms with E-state index in [1.54, 1.807) is 11.9 Å². The third-order valence-electron chi connectivity index (χ3n) is 6.30. The van der Waals surface area contributed by atoms with Crippen LogP contribution >= 0.6 is 11.9 Å². The second kappa shape index (κ2) is 6.89. The highest BCUT2D eigenvalue weighted by Gasteiger charge is 2.25. The molecule has 0 radical (unpaired) electrons. The van der Waals surface area contributed by atoms with E-state index in [1.807, 2.05) is 0 Å². The van der Waals surface area contributed by atoms with Crippen molar-refractivity contribution in [2.75, 3.05) is 0 Å². The fraction of sp³-hybridized carbons (Fsp3) is 0.148. The maximum atomic E-state index is 5.00.